The van der Waals surface area contributed by atoms with Crippen LogP contribution in [0.1, 0.15) is 16.7 Å². The van der Waals surface area contributed by atoms with Crippen LogP contribution < -0.4 is 5.32 Å². The lowest BCUT2D eigenvalue weighted by molar-refractivity contribution is -0.138. The number of aromatic nitrogens is 3. The van der Waals surface area contributed by atoms with E-state index in [4.69, 9.17) is 16.3 Å². The quantitative estimate of drug-likeness (QED) is 0.488. The van der Waals surface area contributed by atoms with Crippen molar-refractivity contribution in [2.45, 2.75) is 18.8 Å². The van der Waals surface area contributed by atoms with Gasteiger partial charge in [0.05, 0.1) is 35.7 Å². The Morgan fingerprint density at radius 1 is 1.22 bits per heavy atom. The molecule has 0 saturated carbocycles. The standard InChI is InChI=1S/C23H19ClF3N5O3S/c24-15-3-2-14(17(9-15)23(25,26)27)10-32-19-4-1-13(7-18(19)29-30-32)8-20-21(33)31(22(34)36-20)11-16-12-35-6-5-28-16/h1-4,7-9,16,28H,5-6,10-12H2/b20-8-/t16-/m0/s1. The molecule has 1 atom stereocenters. The minimum atomic E-state index is -4.56. The number of thioether (sulfide) groups is 1. The average molecular weight is 538 g/mol. The maximum atomic E-state index is 13.5. The number of amides is 2. The number of carbonyl (C=O) groups excluding carboxylic acids is 2. The minimum absolute atomic E-state index is 0.00748. The second-order valence-corrected chi connectivity index (χ2v) is 9.74. The SMILES string of the molecule is O=C1S/C(=C\c2ccc3c(c2)nnn3Cc2ccc(Cl)cc2C(F)(F)F)C(=O)N1C[C@H]1COCCN1. The zero-order valence-electron chi connectivity index (χ0n) is 18.6. The van der Waals surface area contributed by atoms with Gasteiger partial charge in [-0.1, -0.05) is 28.9 Å². The molecule has 0 unspecified atom stereocenters. The first-order chi connectivity index (χ1) is 17.2. The molecule has 2 amide bonds. The molecule has 0 aliphatic carbocycles. The van der Waals surface area contributed by atoms with E-state index in [0.29, 0.717) is 36.4 Å². The van der Waals surface area contributed by atoms with Crippen LogP contribution >= 0.6 is 23.4 Å². The number of morpholine rings is 1. The molecule has 2 fully saturated rings. The normalized spacial score (nSPS) is 20.2. The Kier molecular flexibility index (Phi) is 6.77. The van der Waals surface area contributed by atoms with Gasteiger partial charge in [0, 0.05) is 24.2 Å². The molecule has 2 saturated heterocycles. The Bertz CT molecular complexity index is 1370. The molecule has 2 aliphatic heterocycles. The number of rotatable bonds is 5. The van der Waals surface area contributed by atoms with Crippen molar-refractivity contribution in [3.8, 4) is 0 Å². The van der Waals surface area contributed by atoms with Crippen LogP contribution in [-0.4, -0.2) is 63.4 Å². The average Bonchev–Trinajstić information content (AvgIpc) is 3.35. The number of alkyl halides is 3. The van der Waals surface area contributed by atoms with E-state index >= 15 is 0 Å². The Labute approximate surface area is 212 Å². The summed E-state index contributed by atoms with van der Waals surface area (Å²) in [5.41, 5.74) is 0.748. The summed E-state index contributed by atoms with van der Waals surface area (Å²) >= 11 is 6.62. The summed E-state index contributed by atoms with van der Waals surface area (Å²) < 4.78 is 47.1. The zero-order chi connectivity index (χ0) is 25.4. The van der Waals surface area contributed by atoms with E-state index in [1.807, 2.05) is 0 Å². The summed E-state index contributed by atoms with van der Waals surface area (Å²) in [6.07, 6.45) is -2.97. The summed E-state index contributed by atoms with van der Waals surface area (Å²) in [7, 11) is 0. The lowest BCUT2D eigenvalue weighted by atomic mass is 10.1. The van der Waals surface area contributed by atoms with Crippen LogP contribution in [0.25, 0.3) is 17.1 Å². The molecular formula is C23H19ClF3N5O3S. The molecule has 2 aromatic carbocycles. The molecule has 3 heterocycles. The fourth-order valence-corrected chi connectivity index (χ4v) is 5.09. The van der Waals surface area contributed by atoms with Gasteiger partial charge >= 0.3 is 6.18 Å². The smallest absolute Gasteiger partial charge is 0.378 e. The highest BCUT2D eigenvalue weighted by atomic mass is 35.5. The lowest BCUT2D eigenvalue weighted by Crippen LogP contribution is -2.49. The van der Waals surface area contributed by atoms with E-state index in [2.05, 4.69) is 15.6 Å². The van der Waals surface area contributed by atoms with Crippen LogP contribution in [0.5, 0.6) is 0 Å². The van der Waals surface area contributed by atoms with Gasteiger partial charge in [0.15, 0.2) is 0 Å². The number of benzene rings is 2. The molecule has 3 aromatic rings. The van der Waals surface area contributed by atoms with Gasteiger partial charge in [-0.3, -0.25) is 14.5 Å². The van der Waals surface area contributed by atoms with E-state index in [-0.39, 0.29) is 45.8 Å². The Morgan fingerprint density at radius 2 is 2.06 bits per heavy atom. The number of ether oxygens (including phenoxy) is 1. The summed E-state index contributed by atoms with van der Waals surface area (Å²) in [5.74, 6) is -0.386. The van der Waals surface area contributed by atoms with Crippen molar-refractivity contribution in [1.82, 2.24) is 25.2 Å². The van der Waals surface area contributed by atoms with Crippen LogP contribution in [0.15, 0.2) is 41.3 Å². The number of carbonyl (C=O) groups is 2. The lowest BCUT2D eigenvalue weighted by Gasteiger charge is -2.26. The number of hydrogen-bond acceptors (Lipinski definition) is 7. The van der Waals surface area contributed by atoms with Gasteiger partial charge in [0.2, 0.25) is 0 Å². The minimum Gasteiger partial charge on any atom is -0.378 e. The third-order valence-electron chi connectivity index (χ3n) is 5.81. The Hall–Kier alpha value is -2.93. The highest BCUT2D eigenvalue weighted by molar-refractivity contribution is 8.18. The van der Waals surface area contributed by atoms with Crippen molar-refractivity contribution in [3.05, 3.63) is 63.0 Å². The van der Waals surface area contributed by atoms with Crippen LogP contribution in [0.2, 0.25) is 5.02 Å². The van der Waals surface area contributed by atoms with Crippen molar-refractivity contribution < 1.29 is 27.5 Å². The molecule has 0 bridgehead atoms. The maximum absolute atomic E-state index is 13.5. The number of hydrogen-bond donors (Lipinski definition) is 1. The van der Waals surface area contributed by atoms with E-state index in [1.165, 1.54) is 21.7 Å². The van der Waals surface area contributed by atoms with Crippen LogP contribution in [0.3, 0.4) is 0 Å². The topological polar surface area (TPSA) is 89.3 Å². The number of imide groups is 1. The fraction of sp³-hybridized carbons (Fsp3) is 0.304. The molecule has 5 rings (SSSR count). The van der Waals surface area contributed by atoms with Gasteiger partial charge in [-0.2, -0.15) is 13.2 Å². The first kappa shape index (κ1) is 24.8. The monoisotopic (exact) mass is 537 g/mol. The summed E-state index contributed by atoms with van der Waals surface area (Å²) in [6, 6.07) is 8.51. The zero-order valence-corrected chi connectivity index (χ0v) is 20.2. The molecule has 1 aromatic heterocycles. The fourth-order valence-electron chi connectivity index (χ4n) is 4.07. The van der Waals surface area contributed by atoms with E-state index < -0.39 is 11.7 Å². The third-order valence-corrected chi connectivity index (χ3v) is 6.95. The molecule has 0 spiro atoms. The predicted octanol–water partition coefficient (Wildman–Crippen LogP) is 4.18. The van der Waals surface area contributed by atoms with Gasteiger partial charge in [-0.15, -0.1) is 5.10 Å². The van der Waals surface area contributed by atoms with Gasteiger partial charge in [0.25, 0.3) is 11.1 Å². The number of halogens is 4. The largest absolute Gasteiger partial charge is 0.416 e. The number of nitrogens with zero attached hydrogens (tertiary/aromatic N) is 4. The summed E-state index contributed by atoms with van der Waals surface area (Å²) in [6.45, 7) is 1.74. The van der Waals surface area contributed by atoms with Crippen molar-refractivity contribution in [1.29, 1.82) is 0 Å². The maximum Gasteiger partial charge on any atom is 0.416 e. The number of fused-ring (bicyclic) bond motifs is 1. The van der Waals surface area contributed by atoms with Crippen LogP contribution in [-0.2, 0) is 22.3 Å². The van der Waals surface area contributed by atoms with E-state index in [1.54, 1.807) is 24.3 Å². The Morgan fingerprint density at radius 3 is 2.81 bits per heavy atom. The highest BCUT2D eigenvalue weighted by Crippen LogP contribution is 2.35. The van der Waals surface area contributed by atoms with Gasteiger partial charge in [0.1, 0.15) is 5.52 Å². The molecule has 188 valence electrons. The van der Waals surface area contributed by atoms with Gasteiger partial charge < -0.3 is 10.1 Å². The van der Waals surface area contributed by atoms with Gasteiger partial charge in [-0.05, 0) is 53.2 Å². The van der Waals surface area contributed by atoms with Crippen LogP contribution in [0, 0.1) is 0 Å². The molecule has 8 nitrogen and oxygen atoms in total. The second-order valence-electron chi connectivity index (χ2n) is 8.31. The first-order valence-electron chi connectivity index (χ1n) is 10.9. The van der Waals surface area contributed by atoms with E-state index in [9.17, 15) is 22.8 Å². The summed E-state index contributed by atoms with van der Waals surface area (Å²) in [5, 5.41) is 10.9. The van der Waals surface area contributed by atoms with Crippen molar-refractivity contribution in [3.63, 3.8) is 0 Å². The van der Waals surface area contributed by atoms with Crippen molar-refractivity contribution in [2.75, 3.05) is 26.3 Å². The molecule has 1 N–H and O–H groups in total. The third kappa shape index (κ3) is 5.12. The molecule has 36 heavy (non-hydrogen) atoms. The van der Waals surface area contributed by atoms with Crippen molar-refractivity contribution in [2.24, 2.45) is 0 Å². The molecule has 13 heteroatoms. The first-order valence-corrected chi connectivity index (χ1v) is 12.1. The Balaban J connectivity index is 1.36. The highest BCUT2D eigenvalue weighted by Gasteiger charge is 2.37. The van der Waals surface area contributed by atoms with Crippen LogP contribution in [0.4, 0.5) is 18.0 Å². The molecule has 0 radical (unpaired) electrons. The number of nitrogens with one attached hydrogen (secondary N) is 1. The van der Waals surface area contributed by atoms with Crippen molar-refractivity contribution >= 4 is 51.6 Å². The van der Waals surface area contributed by atoms with E-state index in [0.717, 1.165) is 17.8 Å². The predicted molar refractivity (Wildman–Crippen MR) is 128 cm³/mol. The molecular weight excluding hydrogens is 519 g/mol. The second kappa shape index (κ2) is 9.85. The van der Waals surface area contributed by atoms with Gasteiger partial charge in [-0.25, -0.2) is 4.68 Å². The summed E-state index contributed by atoms with van der Waals surface area (Å²) in [4.78, 5) is 26.7. The molecule has 2 aliphatic rings.